The van der Waals surface area contributed by atoms with Crippen LogP contribution in [0.3, 0.4) is 0 Å². The molecule has 0 radical (unpaired) electrons. The van der Waals surface area contributed by atoms with Crippen molar-refractivity contribution in [3.8, 4) is 11.4 Å². The SMILES string of the molecule is CNC(=O)C(NC(=O)c1nc(-c2cccc(Cl)c2F)n2c1CN(C)CCC2)C(C)(C)C. The normalized spacial score (nSPS) is 15.7. The lowest BCUT2D eigenvalue weighted by atomic mass is 9.86. The van der Waals surface area contributed by atoms with Crippen molar-refractivity contribution in [2.45, 2.75) is 46.3 Å². The molecule has 0 aliphatic carbocycles. The summed E-state index contributed by atoms with van der Waals surface area (Å²) in [5.41, 5.74) is 0.624. The number of aromatic nitrogens is 2. The first-order chi connectivity index (χ1) is 14.5. The van der Waals surface area contributed by atoms with Gasteiger partial charge in [-0.2, -0.15) is 0 Å². The van der Waals surface area contributed by atoms with Crippen molar-refractivity contribution in [3.63, 3.8) is 0 Å². The smallest absolute Gasteiger partial charge is 0.272 e. The van der Waals surface area contributed by atoms with Crippen LogP contribution in [0, 0.1) is 11.2 Å². The van der Waals surface area contributed by atoms with Crippen molar-refractivity contribution in [1.29, 1.82) is 0 Å². The van der Waals surface area contributed by atoms with Crippen LogP contribution in [0.2, 0.25) is 5.02 Å². The predicted molar refractivity (Wildman–Crippen MR) is 118 cm³/mol. The fourth-order valence-corrected chi connectivity index (χ4v) is 3.98. The van der Waals surface area contributed by atoms with Crippen molar-refractivity contribution < 1.29 is 14.0 Å². The number of imidazole rings is 1. The van der Waals surface area contributed by atoms with E-state index in [9.17, 15) is 14.0 Å². The molecule has 31 heavy (non-hydrogen) atoms. The maximum atomic E-state index is 14.8. The zero-order valence-corrected chi connectivity index (χ0v) is 19.3. The van der Waals surface area contributed by atoms with E-state index in [0.29, 0.717) is 24.6 Å². The minimum atomic E-state index is -0.753. The molecule has 0 saturated heterocycles. The summed E-state index contributed by atoms with van der Waals surface area (Å²) < 4.78 is 16.7. The second kappa shape index (κ2) is 8.96. The van der Waals surface area contributed by atoms with Crippen LogP contribution in [-0.4, -0.2) is 52.9 Å². The highest BCUT2D eigenvalue weighted by molar-refractivity contribution is 6.31. The zero-order valence-electron chi connectivity index (χ0n) is 18.6. The van der Waals surface area contributed by atoms with Gasteiger partial charge in [-0.25, -0.2) is 9.37 Å². The average molecular weight is 450 g/mol. The van der Waals surface area contributed by atoms with Crippen molar-refractivity contribution in [2.24, 2.45) is 5.41 Å². The van der Waals surface area contributed by atoms with Gasteiger partial charge in [-0.05, 0) is 37.6 Å². The number of nitrogens with zero attached hydrogens (tertiary/aromatic N) is 3. The number of benzene rings is 1. The van der Waals surface area contributed by atoms with Gasteiger partial charge in [0, 0.05) is 20.1 Å². The van der Waals surface area contributed by atoms with Crippen molar-refractivity contribution in [3.05, 3.63) is 40.4 Å². The third-order valence-corrected chi connectivity index (χ3v) is 5.76. The number of carbonyl (C=O) groups excluding carboxylic acids is 2. The summed E-state index contributed by atoms with van der Waals surface area (Å²) in [6.45, 7) is 7.55. The highest BCUT2D eigenvalue weighted by atomic mass is 35.5. The number of nitrogens with one attached hydrogen (secondary N) is 2. The highest BCUT2D eigenvalue weighted by Gasteiger charge is 2.35. The van der Waals surface area contributed by atoms with Crippen LogP contribution >= 0.6 is 11.6 Å². The molecule has 1 aliphatic rings. The van der Waals surface area contributed by atoms with Crippen LogP contribution in [0.4, 0.5) is 4.39 Å². The molecule has 1 aromatic carbocycles. The van der Waals surface area contributed by atoms with Crippen LogP contribution in [0.1, 0.15) is 43.4 Å². The van der Waals surface area contributed by atoms with Gasteiger partial charge in [0.25, 0.3) is 5.91 Å². The monoisotopic (exact) mass is 449 g/mol. The van der Waals surface area contributed by atoms with Crippen LogP contribution in [0.15, 0.2) is 18.2 Å². The van der Waals surface area contributed by atoms with Crippen molar-refractivity contribution in [2.75, 3.05) is 20.6 Å². The number of amides is 2. The molecule has 9 heteroatoms. The highest BCUT2D eigenvalue weighted by Crippen LogP contribution is 2.31. The van der Waals surface area contributed by atoms with E-state index < -0.39 is 23.2 Å². The van der Waals surface area contributed by atoms with E-state index in [0.717, 1.165) is 13.0 Å². The van der Waals surface area contributed by atoms with Crippen LogP contribution in [0.5, 0.6) is 0 Å². The first-order valence-electron chi connectivity index (χ1n) is 10.3. The van der Waals surface area contributed by atoms with Gasteiger partial charge in [0.15, 0.2) is 11.5 Å². The van der Waals surface area contributed by atoms with E-state index in [1.165, 1.54) is 13.1 Å². The second-order valence-corrected chi connectivity index (χ2v) is 9.37. The van der Waals surface area contributed by atoms with Crippen LogP contribution < -0.4 is 10.6 Å². The number of likely N-dealkylation sites (N-methyl/N-ethyl adjacent to an activating group) is 1. The Bertz CT molecular complexity index is 999. The standard InChI is InChI=1S/C22H29ClFN5O2/c1-22(2,3)18(21(31)25-4)27-20(30)17-15-12-28(5)10-7-11-29(15)19(26-17)13-8-6-9-14(23)16(13)24/h6,8-9,18H,7,10-12H2,1-5H3,(H,25,31)(H,27,30). The molecule has 7 nitrogen and oxygen atoms in total. The quantitative estimate of drug-likeness (QED) is 0.751. The Morgan fingerprint density at radius 2 is 1.97 bits per heavy atom. The Morgan fingerprint density at radius 1 is 1.26 bits per heavy atom. The molecular formula is C22H29ClFN5O2. The van der Waals surface area contributed by atoms with Crippen LogP contribution in [0.25, 0.3) is 11.4 Å². The largest absolute Gasteiger partial charge is 0.357 e. The summed E-state index contributed by atoms with van der Waals surface area (Å²) in [4.78, 5) is 32.4. The van der Waals surface area contributed by atoms with Gasteiger partial charge in [-0.3, -0.25) is 9.59 Å². The van der Waals surface area contributed by atoms with E-state index in [2.05, 4.69) is 20.5 Å². The lowest BCUT2D eigenvalue weighted by Gasteiger charge is -2.29. The molecular weight excluding hydrogens is 421 g/mol. The maximum Gasteiger partial charge on any atom is 0.272 e. The number of hydrogen-bond donors (Lipinski definition) is 2. The Morgan fingerprint density at radius 3 is 2.61 bits per heavy atom. The average Bonchev–Trinajstić information content (AvgIpc) is 2.92. The van der Waals surface area contributed by atoms with E-state index in [1.54, 1.807) is 12.1 Å². The van der Waals surface area contributed by atoms with Gasteiger partial charge in [0.1, 0.15) is 11.9 Å². The Balaban J connectivity index is 2.10. The van der Waals surface area contributed by atoms with E-state index in [1.807, 2.05) is 32.4 Å². The van der Waals surface area contributed by atoms with Gasteiger partial charge in [-0.15, -0.1) is 0 Å². The number of rotatable bonds is 4. The van der Waals surface area contributed by atoms with Crippen molar-refractivity contribution in [1.82, 2.24) is 25.1 Å². The number of fused-ring (bicyclic) bond motifs is 1. The topological polar surface area (TPSA) is 79.3 Å². The molecule has 2 amide bonds. The number of carbonyl (C=O) groups is 2. The minimum Gasteiger partial charge on any atom is -0.357 e. The third kappa shape index (κ3) is 4.75. The molecule has 1 unspecified atom stereocenters. The molecule has 0 saturated carbocycles. The van der Waals surface area contributed by atoms with Gasteiger partial charge in [0.2, 0.25) is 5.91 Å². The molecule has 1 aliphatic heterocycles. The lowest BCUT2D eigenvalue weighted by Crippen LogP contribution is -2.53. The summed E-state index contributed by atoms with van der Waals surface area (Å²) in [7, 11) is 3.50. The number of hydrogen-bond acceptors (Lipinski definition) is 4. The van der Waals surface area contributed by atoms with E-state index in [4.69, 9.17) is 11.6 Å². The molecule has 0 fully saturated rings. The molecule has 2 N–H and O–H groups in total. The Labute approximate surface area is 187 Å². The van der Waals surface area contributed by atoms with Gasteiger partial charge < -0.3 is 20.1 Å². The first kappa shape index (κ1) is 23.2. The van der Waals surface area contributed by atoms with Gasteiger partial charge >= 0.3 is 0 Å². The van der Waals surface area contributed by atoms with Crippen molar-refractivity contribution >= 4 is 23.4 Å². The second-order valence-electron chi connectivity index (χ2n) is 8.96. The Kier molecular flexibility index (Phi) is 6.71. The fraction of sp³-hybridized carbons (Fsp3) is 0.500. The molecule has 0 spiro atoms. The van der Waals surface area contributed by atoms with Gasteiger partial charge in [-0.1, -0.05) is 38.4 Å². The summed E-state index contributed by atoms with van der Waals surface area (Å²) in [6, 6.07) is 3.99. The summed E-state index contributed by atoms with van der Waals surface area (Å²) in [5, 5.41) is 5.43. The minimum absolute atomic E-state index is 0.000921. The third-order valence-electron chi connectivity index (χ3n) is 5.47. The van der Waals surface area contributed by atoms with Crippen LogP contribution in [-0.2, 0) is 17.9 Å². The first-order valence-corrected chi connectivity index (χ1v) is 10.7. The van der Waals surface area contributed by atoms with Gasteiger partial charge in [0.05, 0.1) is 16.3 Å². The molecule has 2 heterocycles. The maximum absolute atomic E-state index is 14.8. The number of halogens is 2. The predicted octanol–water partition coefficient (Wildman–Crippen LogP) is 3.07. The van der Waals surface area contributed by atoms with E-state index in [-0.39, 0.29) is 22.2 Å². The zero-order chi connectivity index (χ0) is 22.9. The molecule has 3 rings (SSSR count). The summed E-state index contributed by atoms with van der Waals surface area (Å²) >= 11 is 6.00. The summed E-state index contributed by atoms with van der Waals surface area (Å²) in [5.74, 6) is -0.956. The molecule has 1 aromatic heterocycles. The molecule has 0 bridgehead atoms. The molecule has 168 valence electrons. The Hall–Kier alpha value is -2.45. The molecule has 2 aromatic rings. The molecule has 1 atom stereocenters. The van der Waals surface area contributed by atoms with E-state index >= 15 is 0 Å². The lowest BCUT2D eigenvalue weighted by molar-refractivity contribution is -0.124. The fourth-order valence-electron chi connectivity index (χ4n) is 3.80. The summed E-state index contributed by atoms with van der Waals surface area (Å²) in [6.07, 6.45) is 0.832.